The highest BCUT2D eigenvalue weighted by Gasteiger charge is 2.25. The minimum Gasteiger partial charge on any atom is -0.455 e. The normalized spacial score (nSPS) is 14.0. The van der Waals surface area contributed by atoms with Crippen LogP contribution in [0.4, 0.5) is 0 Å². The summed E-state index contributed by atoms with van der Waals surface area (Å²) < 4.78 is 6.85. The van der Waals surface area contributed by atoms with Crippen molar-refractivity contribution in [1.29, 1.82) is 0 Å². The zero-order valence-corrected chi connectivity index (χ0v) is 29.7. The third-order valence-electron chi connectivity index (χ3n) is 10.1. The van der Waals surface area contributed by atoms with Crippen LogP contribution in [0.2, 0.25) is 0 Å². The van der Waals surface area contributed by atoms with E-state index in [1.165, 1.54) is 0 Å². The molecule has 0 bridgehead atoms. The largest absolute Gasteiger partial charge is 0.455 e. The Morgan fingerprint density at radius 2 is 1.07 bits per heavy atom. The van der Waals surface area contributed by atoms with Crippen molar-refractivity contribution in [2.24, 2.45) is 9.98 Å². The molecule has 1 atom stereocenters. The number of rotatable bonds is 7. The number of fused-ring (bicyclic) bond motifs is 3. The molecule has 6 nitrogen and oxygen atoms in total. The second kappa shape index (κ2) is 13.8. The lowest BCUT2D eigenvalue weighted by Gasteiger charge is -2.24. The maximum Gasteiger partial charge on any atom is 0.159 e. The Balaban J connectivity index is 1.16. The predicted molar refractivity (Wildman–Crippen MR) is 223 cm³/mol. The van der Waals surface area contributed by atoms with Gasteiger partial charge in [-0.3, -0.25) is 9.97 Å². The van der Waals surface area contributed by atoms with Crippen molar-refractivity contribution < 1.29 is 4.42 Å². The number of aromatic nitrogens is 2. The molecule has 1 aliphatic rings. The summed E-state index contributed by atoms with van der Waals surface area (Å²) in [6.45, 7) is 0. The van der Waals surface area contributed by atoms with E-state index in [1.54, 1.807) is 0 Å². The molecular formula is C49H33N5O. The topological polar surface area (TPSA) is 75.7 Å². The SMILES string of the molecule is c1ccc(C2=NC(c3cccc4oc5c(-c6ccc(-c7ccccn7)cc6)cc(-c6ccc(-c7ccccn7)cc6)cc5c34)NC(c3ccccc3)=N2)cc1. The number of nitrogens with zero attached hydrogens (tertiary/aromatic N) is 4. The first-order valence-corrected chi connectivity index (χ1v) is 18.3. The van der Waals surface area contributed by atoms with Gasteiger partial charge in [-0.1, -0.05) is 133 Å². The fraction of sp³-hybridized carbons (Fsp3) is 0.0204. The smallest absolute Gasteiger partial charge is 0.159 e. The van der Waals surface area contributed by atoms with E-state index in [4.69, 9.17) is 14.4 Å². The molecule has 0 fully saturated rings. The fourth-order valence-corrected chi connectivity index (χ4v) is 7.35. The maximum atomic E-state index is 6.85. The van der Waals surface area contributed by atoms with Gasteiger partial charge in [0.2, 0.25) is 0 Å². The summed E-state index contributed by atoms with van der Waals surface area (Å²) in [4.78, 5) is 19.4. The number of benzene rings is 6. The van der Waals surface area contributed by atoms with Crippen LogP contribution in [0.3, 0.4) is 0 Å². The minimum absolute atomic E-state index is 0.421. The molecule has 6 aromatic carbocycles. The monoisotopic (exact) mass is 707 g/mol. The zero-order valence-electron chi connectivity index (χ0n) is 29.7. The van der Waals surface area contributed by atoms with E-state index in [9.17, 15) is 0 Å². The Morgan fingerprint density at radius 1 is 0.473 bits per heavy atom. The molecule has 0 saturated heterocycles. The highest BCUT2D eigenvalue weighted by atomic mass is 16.3. The molecule has 6 heteroatoms. The van der Waals surface area contributed by atoms with E-state index >= 15 is 0 Å². The van der Waals surface area contributed by atoms with Crippen LogP contribution < -0.4 is 5.32 Å². The number of hydrogen-bond acceptors (Lipinski definition) is 6. The van der Waals surface area contributed by atoms with Gasteiger partial charge in [0.1, 0.15) is 23.2 Å². The molecule has 0 radical (unpaired) electrons. The molecular weight excluding hydrogens is 675 g/mol. The lowest BCUT2D eigenvalue weighted by Crippen LogP contribution is -2.33. The first-order valence-electron chi connectivity index (χ1n) is 18.3. The summed E-state index contributed by atoms with van der Waals surface area (Å²) in [6.07, 6.45) is 3.23. The van der Waals surface area contributed by atoms with E-state index in [2.05, 4.69) is 106 Å². The molecule has 1 N–H and O–H groups in total. The summed E-state index contributed by atoms with van der Waals surface area (Å²) in [5.74, 6) is 1.45. The summed E-state index contributed by atoms with van der Waals surface area (Å²) in [5.41, 5.74) is 12.8. The van der Waals surface area contributed by atoms with Crippen molar-refractivity contribution in [3.63, 3.8) is 0 Å². The highest BCUT2D eigenvalue weighted by molar-refractivity contribution is 6.15. The average molecular weight is 708 g/mol. The fourth-order valence-electron chi connectivity index (χ4n) is 7.35. The van der Waals surface area contributed by atoms with Crippen molar-refractivity contribution in [3.05, 3.63) is 205 Å². The quantitative estimate of drug-likeness (QED) is 0.179. The van der Waals surface area contributed by atoms with Gasteiger partial charge in [-0.15, -0.1) is 0 Å². The summed E-state index contributed by atoms with van der Waals surface area (Å²) in [6, 6.07) is 60.2. The van der Waals surface area contributed by atoms with Crippen LogP contribution in [0, 0.1) is 0 Å². The lowest BCUT2D eigenvalue weighted by atomic mass is 9.93. The van der Waals surface area contributed by atoms with Crippen molar-refractivity contribution in [2.45, 2.75) is 6.17 Å². The third-order valence-corrected chi connectivity index (χ3v) is 10.1. The number of furan rings is 1. The van der Waals surface area contributed by atoms with Crippen LogP contribution in [-0.4, -0.2) is 21.6 Å². The van der Waals surface area contributed by atoms with Gasteiger partial charge < -0.3 is 9.73 Å². The van der Waals surface area contributed by atoms with Crippen molar-refractivity contribution in [3.8, 4) is 44.8 Å². The molecule has 9 aromatic rings. The molecule has 0 amide bonds. The lowest BCUT2D eigenvalue weighted by molar-refractivity contribution is 0.663. The van der Waals surface area contributed by atoms with Crippen LogP contribution in [0.25, 0.3) is 66.7 Å². The molecule has 0 aliphatic carbocycles. The molecule has 0 spiro atoms. The van der Waals surface area contributed by atoms with E-state index < -0.39 is 6.17 Å². The maximum absolute atomic E-state index is 6.85. The Kier molecular flexibility index (Phi) is 8.11. The first-order chi connectivity index (χ1) is 27.2. The van der Waals surface area contributed by atoms with Gasteiger partial charge in [-0.25, -0.2) is 9.98 Å². The number of hydrogen-bond donors (Lipinski definition) is 1. The van der Waals surface area contributed by atoms with Crippen LogP contribution in [-0.2, 0) is 0 Å². The van der Waals surface area contributed by atoms with E-state index in [0.717, 1.165) is 89.2 Å². The molecule has 0 saturated carbocycles. The molecule has 3 aromatic heterocycles. The van der Waals surface area contributed by atoms with Gasteiger partial charge in [0.25, 0.3) is 0 Å². The van der Waals surface area contributed by atoms with Gasteiger partial charge in [0.15, 0.2) is 5.84 Å². The van der Waals surface area contributed by atoms with E-state index in [-0.39, 0.29) is 0 Å². The van der Waals surface area contributed by atoms with E-state index in [0.29, 0.717) is 5.84 Å². The molecule has 1 aliphatic heterocycles. The minimum atomic E-state index is -0.421. The number of pyridine rings is 2. The molecule has 260 valence electrons. The second-order valence-electron chi connectivity index (χ2n) is 13.5. The molecule has 1 unspecified atom stereocenters. The Bertz CT molecular complexity index is 2850. The highest BCUT2D eigenvalue weighted by Crippen LogP contribution is 2.43. The second-order valence-corrected chi connectivity index (χ2v) is 13.5. The van der Waals surface area contributed by atoms with Crippen LogP contribution >= 0.6 is 0 Å². The van der Waals surface area contributed by atoms with Crippen LogP contribution in [0.1, 0.15) is 22.9 Å². The molecule has 4 heterocycles. The van der Waals surface area contributed by atoms with Crippen molar-refractivity contribution in [1.82, 2.24) is 15.3 Å². The summed E-state index contributed by atoms with van der Waals surface area (Å²) in [7, 11) is 0. The van der Waals surface area contributed by atoms with E-state index in [1.807, 2.05) is 97.3 Å². The van der Waals surface area contributed by atoms with Gasteiger partial charge >= 0.3 is 0 Å². The Hall–Kier alpha value is -7.44. The molecule has 55 heavy (non-hydrogen) atoms. The summed E-state index contributed by atoms with van der Waals surface area (Å²) >= 11 is 0. The molecule has 10 rings (SSSR count). The first kappa shape index (κ1) is 32.2. The van der Waals surface area contributed by atoms with Gasteiger partial charge in [0.05, 0.1) is 11.4 Å². The van der Waals surface area contributed by atoms with Crippen molar-refractivity contribution in [2.75, 3.05) is 0 Å². The Morgan fingerprint density at radius 3 is 1.71 bits per heavy atom. The van der Waals surface area contributed by atoms with Gasteiger partial charge in [-0.05, 0) is 59.2 Å². The summed E-state index contributed by atoms with van der Waals surface area (Å²) in [5, 5.41) is 5.71. The van der Waals surface area contributed by atoms with Crippen molar-refractivity contribution >= 4 is 33.6 Å². The third kappa shape index (κ3) is 6.15. The van der Waals surface area contributed by atoms with Crippen LogP contribution in [0.15, 0.2) is 203 Å². The van der Waals surface area contributed by atoms with Gasteiger partial charge in [-0.2, -0.15) is 0 Å². The van der Waals surface area contributed by atoms with Gasteiger partial charge in [0, 0.05) is 56.5 Å². The average Bonchev–Trinajstić information content (AvgIpc) is 3.66. The predicted octanol–water partition coefficient (Wildman–Crippen LogP) is 11.5. The number of amidine groups is 2. The number of nitrogens with one attached hydrogen (secondary N) is 1. The Labute approximate surface area is 318 Å². The van der Waals surface area contributed by atoms with Crippen LogP contribution in [0.5, 0.6) is 0 Å². The zero-order chi connectivity index (χ0) is 36.6. The standard InChI is InChI=1S/C49H33N5O/c1-3-12-36(13-4-1)47-52-48(37-14-5-2-6-15-37)54-49(53-47)39-16-11-19-44-45(39)41-31-38(32-20-24-34(25-21-32)42-17-7-9-28-50-42)30-40(46(41)55-44)33-22-26-35(27-23-33)43-18-8-10-29-51-43/h1-31,49H,(H,52,53,54). The number of aliphatic imine (C=N–C) groups is 2.